The van der Waals surface area contributed by atoms with Crippen molar-refractivity contribution in [1.29, 1.82) is 0 Å². The van der Waals surface area contributed by atoms with E-state index in [1.54, 1.807) is 18.2 Å². The van der Waals surface area contributed by atoms with Crippen molar-refractivity contribution in [2.45, 2.75) is 0 Å². The lowest BCUT2D eigenvalue weighted by atomic mass is 10.1. The SMILES string of the molecule is COc1n[nH]c(NC(=O)c2cccc(OC)c2OC)n1. The molecule has 0 bridgehead atoms. The summed E-state index contributed by atoms with van der Waals surface area (Å²) in [5.74, 6) is 0.588. The van der Waals surface area contributed by atoms with Crippen LogP contribution in [0.25, 0.3) is 0 Å². The lowest BCUT2D eigenvalue weighted by Crippen LogP contribution is -2.14. The fraction of sp³-hybridized carbons (Fsp3) is 0.250. The van der Waals surface area contributed by atoms with Crippen LogP contribution < -0.4 is 19.5 Å². The van der Waals surface area contributed by atoms with Crippen LogP contribution in [0.1, 0.15) is 10.4 Å². The molecule has 2 rings (SSSR count). The first-order chi connectivity index (χ1) is 9.69. The van der Waals surface area contributed by atoms with Crippen LogP contribution in [0.3, 0.4) is 0 Å². The molecule has 1 amide bonds. The van der Waals surface area contributed by atoms with Gasteiger partial charge in [-0.3, -0.25) is 10.1 Å². The summed E-state index contributed by atoms with van der Waals surface area (Å²) in [6.07, 6.45) is 0. The Bertz CT molecular complexity index is 611. The predicted molar refractivity (Wildman–Crippen MR) is 70.4 cm³/mol. The largest absolute Gasteiger partial charge is 0.493 e. The molecular formula is C12H14N4O4. The molecule has 8 nitrogen and oxygen atoms in total. The Hall–Kier alpha value is -2.77. The number of carbonyl (C=O) groups excluding carboxylic acids is 1. The molecule has 1 heterocycles. The number of anilines is 1. The number of amides is 1. The first-order valence-corrected chi connectivity index (χ1v) is 5.68. The van der Waals surface area contributed by atoms with E-state index in [9.17, 15) is 4.79 Å². The van der Waals surface area contributed by atoms with E-state index >= 15 is 0 Å². The monoisotopic (exact) mass is 278 g/mol. The molecule has 2 N–H and O–H groups in total. The normalized spacial score (nSPS) is 9.95. The Balaban J connectivity index is 2.24. The zero-order chi connectivity index (χ0) is 14.5. The van der Waals surface area contributed by atoms with E-state index in [1.807, 2.05) is 0 Å². The summed E-state index contributed by atoms with van der Waals surface area (Å²) in [6.45, 7) is 0. The molecule has 0 aliphatic heterocycles. The van der Waals surface area contributed by atoms with Crippen LogP contribution >= 0.6 is 0 Å². The second kappa shape index (κ2) is 5.91. The summed E-state index contributed by atoms with van der Waals surface area (Å²) >= 11 is 0. The minimum Gasteiger partial charge on any atom is -0.493 e. The Morgan fingerprint density at radius 2 is 2.00 bits per heavy atom. The van der Waals surface area contributed by atoms with E-state index in [2.05, 4.69) is 20.5 Å². The van der Waals surface area contributed by atoms with Crippen LogP contribution in [-0.4, -0.2) is 42.4 Å². The van der Waals surface area contributed by atoms with Crippen LogP contribution in [0, 0.1) is 0 Å². The van der Waals surface area contributed by atoms with E-state index in [4.69, 9.17) is 14.2 Å². The molecule has 0 unspecified atom stereocenters. The number of para-hydroxylation sites is 1. The predicted octanol–water partition coefficient (Wildman–Crippen LogP) is 1.08. The summed E-state index contributed by atoms with van der Waals surface area (Å²) in [5.41, 5.74) is 0.321. The van der Waals surface area contributed by atoms with Gasteiger partial charge in [-0.2, -0.15) is 4.98 Å². The number of nitrogens with one attached hydrogen (secondary N) is 2. The van der Waals surface area contributed by atoms with Gasteiger partial charge < -0.3 is 14.2 Å². The number of carbonyl (C=O) groups is 1. The second-order valence-electron chi connectivity index (χ2n) is 3.67. The van der Waals surface area contributed by atoms with Gasteiger partial charge >= 0.3 is 6.01 Å². The fourth-order valence-corrected chi connectivity index (χ4v) is 1.63. The first kappa shape index (κ1) is 13.7. The molecule has 2 aromatic rings. The Morgan fingerprint density at radius 1 is 1.20 bits per heavy atom. The van der Waals surface area contributed by atoms with Gasteiger partial charge in [-0.25, -0.2) is 5.10 Å². The van der Waals surface area contributed by atoms with Crippen LogP contribution in [0.4, 0.5) is 5.95 Å². The molecule has 0 saturated heterocycles. The molecule has 106 valence electrons. The summed E-state index contributed by atoms with van der Waals surface area (Å²) in [4.78, 5) is 16.1. The highest BCUT2D eigenvalue weighted by Gasteiger charge is 2.17. The van der Waals surface area contributed by atoms with E-state index in [-0.39, 0.29) is 12.0 Å². The molecular weight excluding hydrogens is 264 g/mol. The summed E-state index contributed by atoms with van der Waals surface area (Å²) in [6, 6.07) is 5.15. The summed E-state index contributed by atoms with van der Waals surface area (Å²) < 4.78 is 15.1. The Labute approximate surface area is 115 Å². The molecule has 0 fully saturated rings. The molecule has 8 heteroatoms. The fourth-order valence-electron chi connectivity index (χ4n) is 1.63. The third-order valence-electron chi connectivity index (χ3n) is 2.53. The Morgan fingerprint density at radius 3 is 2.60 bits per heavy atom. The van der Waals surface area contributed by atoms with Gasteiger partial charge in [0, 0.05) is 0 Å². The molecule has 0 saturated carbocycles. The minimum absolute atomic E-state index is 0.137. The van der Waals surface area contributed by atoms with Crippen molar-refractivity contribution in [2.24, 2.45) is 0 Å². The van der Waals surface area contributed by atoms with Gasteiger partial charge in [0.15, 0.2) is 11.5 Å². The zero-order valence-electron chi connectivity index (χ0n) is 11.3. The van der Waals surface area contributed by atoms with Crippen molar-refractivity contribution in [3.63, 3.8) is 0 Å². The quantitative estimate of drug-likeness (QED) is 0.849. The third kappa shape index (κ3) is 2.63. The topological polar surface area (TPSA) is 98.4 Å². The number of aromatic amines is 1. The number of nitrogens with zero attached hydrogens (tertiary/aromatic N) is 2. The van der Waals surface area contributed by atoms with Crippen LogP contribution in [0.5, 0.6) is 17.5 Å². The van der Waals surface area contributed by atoms with Gasteiger partial charge in [0.2, 0.25) is 5.95 Å². The number of rotatable bonds is 5. The number of ether oxygens (including phenoxy) is 3. The first-order valence-electron chi connectivity index (χ1n) is 5.68. The molecule has 1 aromatic carbocycles. The van der Waals surface area contributed by atoms with E-state index in [0.29, 0.717) is 17.1 Å². The molecule has 0 atom stereocenters. The van der Waals surface area contributed by atoms with Gasteiger partial charge in [-0.15, -0.1) is 5.10 Å². The Kier molecular flexibility index (Phi) is 4.04. The standard InChI is InChI=1S/C12H14N4O4/c1-18-8-6-4-5-7(9(8)19-2)10(17)13-11-14-12(20-3)16-15-11/h4-6H,1-3H3,(H2,13,14,15,16,17). The lowest BCUT2D eigenvalue weighted by molar-refractivity contribution is 0.102. The maximum atomic E-state index is 12.2. The van der Waals surface area contributed by atoms with Crippen molar-refractivity contribution >= 4 is 11.9 Å². The van der Waals surface area contributed by atoms with E-state index in [1.165, 1.54) is 21.3 Å². The molecule has 0 radical (unpaired) electrons. The second-order valence-corrected chi connectivity index (χ2v) is 3.67. The van der Waals surface area contributed by atoms with Crippen LogP contribution in [-0.2, 0) is 0 Å². The molecule has 0 aliphatic carbocycles. The number of aromatic nitrogens is 3. The highest BCUT2D eigenvalue weighted by molar-refractivity contribution is 6.05. The number of methoxy groups -OCH3 is 3. The maximum absolute atomic E-state index is 12.2. The average Bonchev–Trinajstić information content (AvgIpc) is 2.93. The highest BCUT2D eigenvalue weighted by Crippen LogP contribution is 2.30. The van der Waals surface area contributed by atoms with Gasteiger partial charge in [-0.05, 0) is 12.1 Å². The highest BCUT2D eigenvalue weighted by atomic mass is 16.5. The van der Waals surface area contributed by atoms with Crippen molar-refractivity contribution in [1.82, 2.24) is 15.2 Å². The van der Waals surface area contributed by atoms with Gasteiger partial charge in [-0.1, -0.05) is 6.07 Å². The van der Waals surface area contributed by atoms with Crippen LogP contribution in [0.2, 0.25) is 0 Å². The molecule has 0 aliphatic rings. The van der Waals surface area contributed by atoms with Crippen LogP contribution in [0.15, 0.2) is 18.2 Å². The van der Waals surface area contributed by atoms with Gasteiger partial charge in [0.25, 0.3) is 5.91 Å². The number of hydrogen-bond acceptors (Lipinski definition) is 6. The van der Waals surface area contributed by atoms with E-state index in [0.717, 1.165) is 0 Å². The summed E-state index contributed by atoms with van der Waals surface area (Å²) in [7, 11) is 4.40. The van der Waals surface area contributed by atoms with Gasteiger partial charge in [0.1, 0.15) is 0 Å². The smallest absolute Gasteiger partial charge is 0.336 e. The average molecular weight is 278 g/mol. The number of H-pyrrole nitrogens is 1. The van der Waals surface area contributed by atoms with Crippen molar-refractivity contribution < 1.29 is 19.0 Å². The lowest BCUT2D eigenvalue weighted by Gasteiger charge is -2.11. The zero-order valence-corrected chi connectivity index (χ0v) is 11.3. The third-order valence-corrected chi connectivity index (χ3v) is 2.53. The van der Waals surface area contributed by atoms with Crippen molar-refractivity contribution in [3.05, 3.63) is 23.8 Å². The van der Waals surface area contributed by atoms with Crippen molar-refractivity contribution in [2.75, 3.05) is 26.6 Å². The minimum atomic E-state index is -0.403. The number of benzene rings is 1. The summed E-state index contributed by atoms with van der Waals surface area (Å²) in [5, 5.41) is 8.82. The maximum Gasteiger partial charge on any atom is 0.336 e. The molecule has 1 aromatic heterocycles. The number of hydrogen-bond donors (Lipinski definition) is 2. The van der Waals surface area contributed by atoms with Crippen molar-refractivity contribution in [3.8, 4) is 17.5 Å². The van der Waals surface area contributed by atoms with Gasteiger partial charge in [0.05, 0.1) is 26.9 Å². The van der Waals surface area contributed by atoms with E-state index < -0.39 is 5.91 Å². The molecule has 20 heavy (non-hydrogen) atoms. The molecule has 0 spiro atoms.